The Balaban J connectivity index is 1.71. The molecule has 1 amide bonds. The highest BCUT2D eigenvalue weighted by molar-refractivity contribution is 6.06. The number of para-hydroxylation sites is 1. The maximum atomic E-state index is 12.3. The van der Waals surface area contributed by atoms with Crippen LogP contribution in [-0.2, 0) is 0 Å². The molecule has 6 heteroatoms. The summed E-state index contributed by atoms with van der Waals surface area (Å²) < 4.78 is 10.8. The molecule has 25 heavy (non-hydrogen) atoms. The standard InChI is InChI=1S/C19H19N3O3/c1-3-25-17-9-8-13(10-18(17)24-2)11-21-22-19(23)15-12-20-16-7-5-4-6-14(15)16/h4-12,20H,3H2,1-2H3,(H,22,23). The molecule has 6 nitrogen and oxygen atoms in total. The molecule has 0 atom stereocenters. The summed E-state index contributed by atoms with van der Waals surface area (Å²) in [6, 6.07) is 13.1. The summed E-state index contributed by atoms with van der Waals surface area (Å²) in [6.07, 6.45) is 3.24. The second kappa shape index (κ2) is 7.53. The van der Waals surface area contributed by atoms with Crippen LogP contribution in [0, 0.1) is 0 Å². The lowest BCUT2D eigenvalue weighted by atomic mass is 10.2. The number of ether oxygens (including phenoxy) is 2. The SMILES string of the molecule is CCOc1ccc(C=NNC(=O)c2c[nH]c3ccccc23)cc1OC. The van der Waals surface area contributed by atoms with E-state index in [0.29, 0.717) is 23.7 Å². The monoisotopic (exact) mass is 337 g/mol. The van der Waals surface area contributed by atoms with Gasteiger partial charge in [-0.05, 0) is 36.8 Å². The number of aromatic nitrogens is 1. The van der Waals surface area contributed by atoms with Crippen molar-refractivity contribution in [3.63, 3.8) is 0 Å². The Morgan fingerprint density at radius 1 is 1.24 bits per heavy atom. The Labute approximate surface area is 145 Å². The molecule has 0 bridgehead atoms. The van der Waals surface area contributed by atoms with Crippen molar-refractivity contribution >= 4 is 23.0 Å². The Bertz CT molecular complexity index is 915. The molecule has 0 saturated heterocycles. The molecule has 0 fully saturated rings. The number of methoxy groups -OCH3 is 1. The molecule has 0 saturated carbocycles. The van der Waals surface area contributed by atoms with Crippen molar-refractivity contribution in [2.45, 2.75) is 6.92 Å². The molecular weight excluding hydrogens is 318 g/mol. The first-order chi connectivity index (χ1) is 12.2. The third-order valence-corrected chi connectivity index (χ3v) is 3.70. The number of amides is 1. The van der Waals surface area contributed by atoms with Gasteiger partial charge in [-0.15, -0.1) is 0 Å². The van der Waals surface area contributed by atoms with E-state index >= 15 is 0 Å². The van der Waals surface area contributed by atoms with Gasteiger partial charge in [-0.25, -0.2) is 5.43 Å². The second-order valence-corrected chi connectivity index (χ2v) is 5.29. The average molecular weight is 337 g/mol. The molecule has 3 aromatic rings. The highest BCUT2D eigenvalue weighted by atomic mass is 16.5. The number of aromatic amines is 1. The second-order valence-electron chi connectivity index (χ2n) is 5.29. The lowest BCUT2D eigenvalue weighted by molar-refractivity contribution is 0.0957. The third kappa shape index (κ3) is 3.63. The van der Waals surface area contributed by atoms with Crippen molar-refractivity contribution < 1.29 is 14.3 Å². The molecule has 1 aromatic heterocycles. The van der Waals surface area contributed by atoms with Crippen LogP contribution in [-0.4, -0.2) is 30.8 Å². The lowest BCUT2D eigenvalue weighted by Gasteiger charge is -2.09. The molecule has 3 rings (SSSR count). The number of benzene rings is 2. The molecule has 0 aliphatic carbocycles. The molecule has 2 aromatic carbocycles. The van der Waals surface area contributed by atoms with Gasteiger partial charge in [0.25, 0.3) is 5.91 Å². The first kappa shape index (κ1) is 16.6. The van der Waals surface area contributed by atoms with Crippen molar-refractivity contribution in [1.82, 2.24) is 10.4 Å². The fourth-order valence-electron chi connectivity index (χ4n) is 2.52. The first-order valence-electron chi connectivity index (χ1n) is 7.93. The minimum absolute atomic E-state index is 0.272. The zero-order valence-electron chi connectivity index (χ0n) is 14.1. The van der Waals surface area contributed by atoms with E-state index in [2.05, 4.69) is 15.5 Å². The van der Waals surface area contributed by atoms with Crippen LogP contribution in [0.25, 0.3) is 10.9 Å². The summed E-state index contributed by atoms with van der Waals surface area (Å²) >= 11 is 0. The molecule has 128 valence electrons. The van der Waals surface area contributed by atoms with Crippen LogP contribution >= 0.6 is 0 Å². The van der Waals surface area contributed by atoms with Crippen LogP contribution in [0.5, 0.6) is 11.5 Å². The number of hydrazone groups is 1. The first-order valence-corrected chi connectivity index (χ1v) is 7.93. The maximum Gasteiger partial charge on any atom is 0.273 e. The van der Waals surface area contributed by atoms with Gasteiger partial charge in [-0.2, -0.15) is 5.10 Å². The van der Waals surface area contributed by atoms with E-state index in [1.807, 2.05) is 43.3 Å². The Morgan fingerprint density at radius 3 is 2.88 bits per heavy atom. The van der Waals surface area contributed by atoms with Crippen molar-refractivity contribution in [3.8, 4) is 11.5 Å². The minimum Gasteiger partial charge on any atom is -0.493 e. The van der Waals surface area contributed by atoms with Gasteiger partial charge < -0.3 is 14.5 Å². The van der Waals surface area contributed by atoms with Crippen molar-refractivity contribution in [2.24, 2.45) is 5.10 Å². The molecule has 0 aliphatic heterocycles. The molecule has 1 heterocycles. The van der Waals surface area contributed by atoms with Crippen LogP contribution in [0.3, 0.4) is 0 Å². The van der Waals surface area contributed by atoms with Gasteiger partial charge in [0.1, 0.15) is 0 Å². The molecular formula is C19H19N3O3. The van der Waals surface area contributed by atoms with E-state index in [-0.39, 0.29) is 5.91 Å². The van der Waals surface area contributed by atoms with Crippen LogP contribution < -0.4 is 14.9 Å². The van der Waals surface area contributed by atoms with Gasteiger partial charge >= 0.3 is 0 Å². The van der Waals surface area contributed by atoms with Gasteiger partial charge in [0, 0.05) is 17.1 Å². The van der Waals surface area contributed by atoms with Crippen molar-refractivity contribution in [3.05, 3.63) is 59.8 Å². The number of H-pyrrole nitrogens is 1. The Kier molecular flexibility index (Phi) is 4.99. The summed E-state index contributed by atoms with van der Waals surface area (Å²) in [4.78, 5) is 15.4. The molecule has 2 N–H and O–H groups in total. The summed E-state index contributed by atoms with van der Waals surface area (Å²) in [5.74, 6) is 1.02. The predicted octanol–water partition coefficient (Wildman–Crippen LogP) is 3.34. The van der Waals surface area contributed by atoms with Crippen LogP contribution in [0.2, 0.25) is 0 Å². The lowest BCUT2D eigenvalue weighted by Crippen LogP contribution is -2.17. The highest BCUT2D eigenvalue weighted by Gasteiger charge is 2.10. The van der Waals surface area contributed by atoms with E-state index in [0.717, 1.165) is 16.5 Å². The minimum atomic E-state index is -0.272. The van der Waals surface area contributed by atoms with E-state index in [9.17, 15) is 4.79 Å². The summed E-state index contributed by atoms with van der Waals surface area (Å²) in [5, 5.41) is 4.88. The van der Waals surface area contributed by atoms with Gasteiger partial charge in [0.05, 0.1) is 25.5 Å². The molecule has 0 radical (unpaired) electrons. The van der Waals surface area contributed by atoms with E-state index in [1.54, 1.807) is 25.6 Å². The number of nitrogens with one attached hydrogen (secondary N) is 2. The average Bonchev–Trinajstić information content (AvgIpc) is 3.07. The molecule has 0 aliphatic rings. The van der Waals surface area contributed by atoms with Crippen LogP contribution in [0.4, 0.5) is 0 Å². The fraction of sp³-hybridized carbons (Fsp3) is 0.158. The highest BCUT2D eigenvalue weighted by Crippen LogP contribution is 2.27. The zero-order chi connectivity index (χ0) is 17.6. The largest absolute Gasteiger partial charge is 0.493 e. The van der Waals surface area contributed by atoms with Gasteiger partial charge in [0.2, 0.25) is 0 Å². The topological polar surface area (TPSA) is 75.7 Å². The number of carbonyl (C=O) groups is 1. The van der Waals surface area contributed by atoms with Gasteiger partial charge in [0.15, 0.2) is 11.5 Å². The predicted molar refractivity (Wildman–Crippen MR) is 97.5 cm³/mol. The van der Waals surface area contributed by atoms with Gasteiger partial charge in [-0.3, -0.25) is 4.79 Å². The maximum absolute atomic E-state index is 12.3. The zero-order valence-corrected chi connectivity index (χ0v) is 14.1. The number of nitrogens with zero attached hydrogens (tertiary/aromatic N) is 1. The summed E-state index contributed by atoms with van der Waals surface area (Å²) in [7, 11) is 1.58. The number of hydrogen-bond acceptors (Lipinski definition) is 4. The van der Waals surface area contributed by atoms with E-state index in [1.165, 1.54) is 0 Å². The van der Waals surface area contributed by atoms with E-state index < -0.39 is 0 Å². The van der Waals surface area contributed by atoms with Crippen LogP contribution in [0.1, 0.15) is 22.8 Å². The normalized spacial score (nSPS) is 11.0. The molecule has 0 spiro atoms. The number of carbonyl (C=O) groups excluding carboxylic acids is 1. The smallest absolute Gasteiger partial charge is 0.273 e. The van der Waals surface area contributed by atoms with Crippen LogP contribution in [0.15, 0.2) is 53.8 Å². The number of fused-ring (bicyclic) bond motifs is 1. The summed E-state index contributed by atoms with van der Waals surface area (Å²) in [6.45, 7) is 2.47. The number of hydrogen-bond donors (Lipinski definition) is 2. The van der Waals surface area contributed by atoms with Crippen molar-refractivity contribution in [1.29, 1.82) is 0 Å². The Morgan fingerprint density at radius 2 is 2.08 bits per heavy atom. The third-order valence-electron chi connectivity index (χ3n) is 3.70. The Hall–Kier alpha value is -3.28. The number of rotatable bonds is 6. The van der Waals surface area contributed by atoms with Gasteiger partial charge in [-0.1, -0.05) is 18.2 Å². The summed E-state index contributed by atoms with van der Waals surface area (Å²) in [5.41, 5.74) is 4.80. The quantitative estimate of drug-likeness (QED) is 0.535. The molecule has 0 unspecified atom stereocenters. The van der Waals surface area contributed by atoms with Crippen molar-refractivity contribution in [2.75, 3.05) is 13.7 Å². The van der Waals surface area contributed by atoms with E-state index in [4.69, 9.17) is 9.47 Å². The fourth-order valence-corrected chi connectivity index (χ4v) is 2.52.